The molecule has 110 valence electrons. The van der Waals surface area contributed by atoms with E-state index >= 15 is 0 Å². The lowest BCUT2D eigenvalue weighted by Gasteiger charge is -2.11. The van der Waals surface area contributed by atoms with Gasteiger partial charge in [0.2, 0.25) is 5.91 Å². The summed E-state index contributed by atoms with van der Waals surface area (Å²) in [6, 6.07) is 16.0. The summed E-state index contributed by atoms with van der Waals surface area (Å²) >= 11 is 0. The van der Waals surface area contributed by atoms with Crippen molar-refractivity contribution in [1.29, 1.82) is 0 Å². The highest BCUT2D eigenvalue weighted by Gasteiger charge is 2.07. The zero-order chi connectivity index (χ0) is 15.1. The number of nitrogens with one attached hydrogen (secondary N) is 2. The second-order valence-electron chi connectivity index (χ2n) is 5.15. The molecule has 0 aliphatic rings. The molecular weight excluding hydrogens is 260 g/mol. The van der Waals surface area contributed by atoms with E-state index in [1.165, 1.54) is 5.56 Å². The summed E-state index contributed by atoms with van der Waals surface area (Å²) in [5.41, 5.74) is 4.21. The number of aryl methyl sites for hydroxylation is 1. The van der Waals surface area contributed by atoms with Gasteiger partial charge in [0.05, 0.1) is 6.42 Å². The SMILES string of the molecule is CCNCc1ccccc1NC(=O)Cc1cccc(C)c1. The Morgan fingerprint density at radius 1 is 1.10 bits per heavy atom. The molecule has 0 saturated carbocycles. The molecule has 0 aromatic heterocycles. The molecule has 2 rings (SSSR count). The molecule has 0 heterocycles. The topological polar surface area (TPSA) is 41.1 Å². The van der Waals surface area contributed by atoms with Gasteiger partial charge in [-0.3, -0.25) is 4.79 Å². The molecule has 2 N–H and O–H groups in total. The Morgan fingerprint density at radius 3 is 2.67 bits per heavy atom. The molecule has 3 nitrogen and oxygen atoms in total. The fraction of sp³-hybridized carbons (Fsp3) is 0.278. The highest BCUT2D eigenvalue weighted by Crippen LogP contribution is 2.15. The molecule has 0 atom stereocenters. The van der Waals surface area contributed by atoms with Crippen LogP contribution in [0, 0.1) is 6.92 Å². The molecule has 21 heavy (non-hydrogen) atoms. The molecule has 2 aromatic carbocycles. The molecule has 0 bridgehead atoms. The van der Waals surface area contributed by atoms with Crippen LogP contribution in [0.15, 0.2) is 48.5 Å². The number of benzene rings is 2. The van der Waals surface area contributed by atoms with Gasteiger partial charge in [-0.2, -0.15) is 0 Å². The van der Waals surface area contributed by atoms with Crippen LogP contribution >= 0.6 is 0 Å². The number of hydrogen-bond donors (Lipinski definition) is 2. The second kappa shape index (κ2) is 7.60. The van der Waals surface area contributed by atoms with Crippen molar-refractivity contribution in [2.75, 3.05) is 11.9 Å². The number of carbonyl (C=O) groups excluding carboxylic acids is 1. The minimum absolute atomic E-state index is 0.0181. The zero-order valence-corrected chi connectivity index (χ0v) is 12.6. The summed E-state index contributed by atoms with van der Waals surface area (Å²) < 4.78 is 0. The molecule has 0 fully saturated rings. The summed E-state index contributed by atoms with van der Waals surface area (Å²) in [7, 11) is 0. The number of anilines is 1. The van der Waals surface area contributed by atoms with Crippen molar-refractivity contribution in [1.82, 2.24) is 5.32 Å². The minimum atomic E-state index is 0.0181. The van der Waals surface area contributed by atoms with Crippen LogP contribution in [0.2, 0.25) is 0 Å². The smallest absolute Gasteiger partial charge is 0.228 e. The van der Waals surface area contributed by atoms with E-state index in [1.807, 2.05) is 55.5 Å². The lowest BCUT2D eigenvalue weighted by molar-refractivity contribution is -0.115. The van der Waals surface area contributed by atoms with Crippen LogP contribution in [0.4, 0.5) is 5.69 Å². The summed E-state index contributed by atoms with van der Waals surface area (Å²) in [6.45, 7) is 5.77. The van der Waals surface area contributed by atoms with Crippen LogP contribution in [0.25, 0.3) is 0 Å². The average Bonchev–Trinajstić information content (AvgIpc) is 2.46. The van der Waals surface area contributed by atoms with Crippen LogP contribution in [-0.4, -0.2) is 12.5 Å². The number of hydrogen-bond acceptors (Lipinski definition) is 2. The Morgan fingerprint density at radius 2 is 1.90 bits per heavy atom. The molecule has 0 radical (unpaired) electrons. The van der Waals surface area contributed by atoms with Crippen LogP contribution < -0.4 is 10.6 Å². The van der Waals surface area contributed by atoms with Gasteiger partial charge in [-0.15, -0.1) is 0 Å². The third kappa shape index (κ3) is 4.72. The highest BCUT2D eigenvalue weighted by molar-refractivity contribution is 5.93. The summed E-state index contributed by atoms with van der Waals surface area (Å²) in [6.07, 6.45) is 0.400. The van der Waals surface area contributed by atoms with Crippen LogP contribution in [-0.2, 0) is 17.8 Å². The molecule has 2 aromatic rings. The summed E-state index contributed by atoms with van der Waals surface area (Å²) in [5, 5.41) is 6.29. The van der Waals surface area contributed by atoms with E-state index in [0.29, 0.717) is 6.42 Å². The summed E-state index contributed by atoms with van der Waals surface area (Å²) in [5.74, 6) is 0.0181. The predicted octanol–water partition coefficient (Wildman–Crippen LogP) is 3.29. The lowest BCUT2D eigenvalue weighted by Crippen LogP contribution is -2.18. The van der Waals surface area contributed by atoms with Gasteiger partial charge < -0.3 is 10.6 Å². The maximum absolute atomic E-state index is 12.2. The molecule has 0 aliphatic carbocycles. The molecule has 3 heteroatoms. The Kier molecular flexibility index (Phi) is 5.52. The standard InChI is InChI=1S/C18H22N2O/c1-3-19-13-16-9-4-5-10-17(16)20-18(21)12-15-8-6-7-14(2)11-15/h4-11,19H,3,12-13H2,1-2H3,(H,20,21). The number of amides is 1. The zero-order valence-electron chi connectivity index (χ0n) is 12.6. The van der Waals surface area contributed by atoms with Crippen molar-refractivity contribution >= 4 is 11.6 Å². The van der Waals surface area contributed by atoms with Gasteiger partial charge in [-0.25, -0.2) is 0 Å². The number of rotatable bonds is 6. The van der Waals surface area contributed by atoms with Gasteiger partial charge in [0.15, 0.2) is 0 Å². The van der Waals surface area contributed by atoms with Crippen LogP contribution in [0.5, 0.6) is 0 Å². The van der Waals surface area contributed by atoms with Gasteiger partial charge in [0.25, 0.3) is 0 Å². The van der Waals surface area contributed by atoms with Crippen molar-refractivity contribution in [2.45, 2.75) is 26.8 Å². The predicted molar refractivity (Wildman–Crippen MR) is 87.3 cm³/mol. The van der Waals surface area contributed by atoms with Gasteiger partial charge in [-0.05, 0) is 30.7 Å². The fourth-order valence-corrected chi connectivity index (χ4v) is 2.26. The first kappa shape index (κ1) is 15.3. The van der Waals surface area contributed by atoms with Crippen molar-refractivity contribution < 1.29 is 4.79 Å². The molecule has 0 spiro atoms. The lowest BCUT2D eigenvalue weighted by atomic mass is 10.1. The Labute approximate surface area is 126 Å². The molecule has 0 saturated heterocycles. The first-order valence-corrected chi connectivity index (χ1v) is 7.33. The normalized spacial score (nSPS) is 10.4. The Balaban J connectivity index is 2.02. The molecule has 1 amide bonds. The second-order valence-corrected chi connectivity index (χ2v) is 5.15. The van der Waals surface area contributed by atoms with E-state index in [2.05, 4.69) is 17.6 Å². The quantitative estimate of drug-likeness (QED) is 0.853. The van der Waals surface area contributed by atoms with Crippen LogP contribution in [0.3, 0.4) is 0 Å². The number of para-hydroxylation sites is 1. The van der Waals surface area contributed by atoms with Gasteiger partial charge in [0.1, 0.15) is 0 Å². The first-order valence-electron chi connectivity index (χ1n) is 7.33. The van der Waals surface area contributed by atoms with Crippen LogP contribution in [0.1, 0.15) is 23.6 Å². The maximum atomic E-state index is 12.2. The third-order valence-corrected chi connectivity index (χ3v) is 3.30. The first-order chi connectivity index (χ1) is 10.2. The highest BCUT2D eigenvalue weighted by atomic mass is 16.1. The van der Waals surface area contributed by atoms with Crippen molar-refractivity contribution in [3.8, 4) is 0 Å². The van der Waals surface area contributed by atoms with Gasteiger partial charge in [0, 0.05) is 12.2 Å². The van der Waals surface area contributed by atoms with Gasteiger partial charge >= 0.3 is 0 Å². The molecular formula is C18H22N2O. The Hall–Kier alpha value is -2.13. The van der Waals surface area contributed by atoms with E-state index in [4.69, 9.17) is 0 Å². The van der Waals surface area contributed by atoms with Crippen molar-refractivity contribution in [3.63, 3.8) is 0 Å². The van der Waals surface area contributed by atoms with E-state index in [1.54, 1.807) is 0 Å². The van der Waals surface area contributed by atoms with Crippen molar-refractivity contribution in [2.24, 2.45) is 0 Å². The molecule has 0 unspecified atom stereocenters. The number of carbonyl (C=O) groups is 1. The largest absolute Gasteiger partial charge is 0.325 e. The van der Waals surface area contributed by atoms with E-state index < -0.39 is 0 Å². The fourth-order valence-electron chi connectivity index (χ4n) is 2.26. The Bertz CT molecular complexity index is 608. The van der Waals surface area contributed by atoms with E-state index in [9.17, 15) is 4.79 Å². The minimum Gasteiger partial charge on any atom is -0.325 e. The van der Waals surface area contributed by atoms with Crippen molar-refractivity contribution in [3.05, 3.63) is 65.2 Å². The monoisotopic (exact) mass is 282 g/mol. The van der Waals surface area contributed by atoms with E-state index in [-0.39, 0.29) is 5.91 Å². The average molecular weight is 282 g/mol. The third-order valence-electron chi connectivity index (χ3n) is 3.30. The van der Waals surface area contributed by atoms with E-state index in [0.717, 1.165) is 29.9 Å². The van der Waals surface area contributed by atoms with Gasteiger partial charge in [-0.1, -0.05) is 55.0 Å². The summed E-state index contributed by atoms with van der Waals surface area (Å²) in [4.78, 5) is 12.2. The molecule has 0 aliphatic heterocycles. The maximum Gasteiger partial charge on any atom is 0.228 e.